The van der Waals surface area contributed by atoms with Crippen LogP contribution in [0, 0.1) is 0 Å². The van der Waals surface area contributed by atoms with E-state index < -0.39 is 0 Å². The van der Waals surface area contributed by atoms with E-state index in [1.165, 1.54) is 16.7 Å². The summed E-state index contributed by atoms with van der Waals surface area (Å²) in [6.07, 6.45) is 6.66. The summed E-state index contributed by atoms with van der Waals surface area (Å²) in [5.74, 6) is 1.10. The average Bonchev–Trinajstić information content (AvgIpc) is 2.93. The fourth-order valence-corrected chi connectivity index (χ4v) is 4.70. The highest BCUT2D eigenvalue weighted by Gasteiger charge is 2.52. The lowest BCUT2D eigenvalue weighted by Gasteiger charge is -2.48. The van der Waals surface area contributed by atoms with Gasteiger partial charge in [0.1, 0.15) is 11.5 Å². The number of hydrogen-bond donors (Lipinski definition) is 1. The Kier molecular flexibility index (Phi) is 3.20. The van der Waals surface area contributed by atoms with Gasteiger partial charge in [-0.05, 0) is 36.5 Å². The molecule has 0 bridgehead atoms. The van der Waals surface area contributed by atoms with E-state index in [1.54, 1.807) is 20.3 Å². The van der Waals surface area contributed by atoms with E-state index in [0.29, 0.717) is 0 Å². The lowest BCUT2D eigenvalue weighted by Crippen LogP contribution is -2.50. The molecule has 1 N–H and O–H groups in total. The van der Waals surface area contributed by atoms with Gasteiger partial charge < -0.3 is 14.6 Å². The van der Waals surface area contributed by atoms with E-state index >= 15 is 0 Å². The molecule has 22 heavy (non-hydrogen) atoms. The molecule has 118 valence electrons. The third-order valence-electron chi connectivity index (χ3n) is 5.70. The maximum atomic E-state index is 10.2. The van der Waals surface area contributed by atoms with E-state index in [1.807, 2.05) is 6.07 Å². The first-order valence-corrected chi connectivity index (χ1v) is 8.06. The Hall–Kier alpha value is -1.52. The molecule has 1 aromatic rings. The number of fused-ring (bicyclic) bond motifs is 1. The number of rotatable bonds is 2. The van der Waals surface area contributed by atoms with Gasteiger partial charge in [0.15, 0.2) is 0 Å². The number of ether oxygens (including phenoxy) is 2. The highest BCUT2D eigenvalue weighted by molar-refractivity contribution is 5.55. The number of aromatic hydroxyl groups is 1. The lowest BCUT2D eigenvalue weighted by atomic mass is 9.70. The summed E-state index contributed by atoms with van der Waals surface area (Å²) < 4.78 is 11.2. The van der Waals surface area contributed by atoms with Crippen LogP contribution in [0.2, 0.25) is 0 Å². The van der Waals surface area contributed by atoms with Gasteiger partial charge in [0.2, 0.25) is 0 Å². The Morgan fingerprint density at radius 3 is 2.82 bits per heavy atom. The first-order chi connectivity index (χ1) is 10.7. The van der Waals surface area contributed by atoms with Crippen molar-refractivity contribution in [1.29, 1.82) is 0 Å². The van der Waals surface area contributed by atoms with E-state index in [0.717, 1.165) is 44.5 Å². The van der Waals surface area contributed by atoms with E-state index in [4.69, 9.17) is 9.47 Å². The molecule has 4 rings (SSSR count). The Balaban J connectivity index is 1.94. The van der Waals surface area contributed by atoms with Crippen LogP contribution in [0.25, 0.3) is 0 Å². The molecule has 2 atom stereocenters. The monoisotopic (exact) mass is 301 g/mol. The van der Waals surface area contributed by atoms with Crippen LogP contribution >= 0.6 is 0 Å². The first-order valence-electron chi connectivity index (χ1n) is 8.06. The molecule has 3 aliphatic rings. The van der Waals surface area contributed by atoms with Gasteiger partial charge in [-0.15, -0.1) is 0 Å². The van der Waals surface area contributed by atoms with Crippen molar-refractivity contribution >= 4 is 0 Å². The number of hydrogen-bond acceptors (Lipinski definition) is 4. The SMILES string of the molecule is COc1cc(O)cc2c1CCN1CCC3=CC[C@H](OC)C[C@]321. The molecule has 2 aliphatic heterocycles. The maximum absolute atomic E-state index is 10.2. The minimum Gasteiger partial charge on any atom is -0.508 e. The Morgan fingerprint density at radius 2 is 2.05 bits per heavy atom. The zero-order valence-electron chi connectivity index (χ0n) is 13.3. The molecule has 0 unspecified atom stereocenters. The molecule has 1 fully saturated rings. The maximum Gasteiger partial charge on any atom is 0.126 e. The highest BCUT2D eigenvalue weighted by atomic mass is 16.5. The standard InChI is InChI=1S/C18H23NO3/c1-21-14-4-3-12-5-7-19-8-6-15-16(18(12,19)11-14)9-13(20)10-17(15)22-2/h3,9-10,14,20H,4-8,11H2,1-2H3/t14-,18-/m0/s1. The molecule has 1 spiro atoms. The van der Waals surface area contributed by atoms with Crippen LogP contribution < -0.4 is 4.74 Å². The summed E-state index contributed by atoms with van der Waals surface area (Å²) >= 11 is 0. The van der Waals surface area contributed by atoms with Crippen molar-refractivity contribution in [3.8, 4) is 11.5 Å². The minimum absolute atomic E-state index is 0.0987. The van der Waals surface area contributed by atoms with Crippen LogP contribution in [0.4, 0.5) is 0 Å². The van der Waals surface area contributed by atoms with Gasteiger partial charge in [0.25, 0.3) is 0 Å². The van der Waals surface area contributed by atoms with Gasteiger partial charge >= 0.3 is 0 Å². The molecule has 0 aromatic heterocycles. The number of phenols is 1. The van der Waals surface area contributed by atoms with Crippen molar-refractivity contribution in [1.82, 2.24) is 4.90 Å². The number of benzene rings is 1. The van der Waals surface area contributed by atoms with Gasteiger partial charge in [-0.25, -0.2) is 0 Å². The van der Waals surface area contributed by atoms with Crippen molar-refractivity contribution in [2.75, 3.05) is 27.3 Å². The number of phenolic OH excluding ortho intramolecular Hbond substituents is 1. The topological polar surface area (TPSA) is 41.9 Å². The Bertz CT molecular complexity index is 639. The van der Waals surface area contributed by atoms with Crippen LogP contribution in [-0.4, -0.2) is 43.4 Å². The summed E-state index contributed by atoms with van der Waals surface area (Å²) in [4.78, 5) is 2.57. The van der Waals surface area contributed by atoms with Gasteiger partial charge in [0.05, 0.1) is 18.8 Å². The summed E-state index contributed by atoms with van der Waals surface area (Å²) in [7, 11) is 3.48. The second-order valence-corrected chi connectivity index (χ2v) is 6.55. The fourth-order valence-electron chi connectivity index (χ4n) is 4.70. The molecule has 0 saturated carbocycles. The number of methoxy groups -OCH3 is 2. The van der Waals surface area contributed by atoms with Crippen molar-refractivity contribution in [3.63, 3.8) is 0 Å². The average molecular weight is 301 g/mol. The summed E-state index contributed by atoms with van der Waals surface area (Å²) in [5.41, 5.74) is 3.87. The molecule has 2 heterocycles. The number of nitrogens with zero attached hydrogens (tertiary/aromatic N) is 1. The molecular weight excluding hydrogens is 278 g/mol. The quantitative estimate of drug-likeness (QED) is 0.853. The van der Waals surface area contributed by atoms with Crippen LogP contribution in [0.5, 0.6) is 11.5 Å². The van der Waals surface area contributed by atoms with Gasteiger partial charge in [0, 0.05) is 38.2 Å². The normalized spacial score (nSPS) is 30.3. The second kappa shape index (κ2) is 5.00. The molecule has 1 saturated heterocycles. The highest BCUT2D eigenvalue weighted by Crippen LogP contribution is 2.54. The molecule has 1 aliphatic carbocycles. The van der Waals surface area contributed by atoms with Crippen LogP contribution in [0.1, 0.15) is 30.4 Å². The largest absolute Gasteiger partial charge is 0.508 e. The molecule has 4 nitrogen and oxygen atoms in total. The molecular formula is C18H23NO3. The Morgan fingerprint density at radius 1 is 1.23 bits per heavy atom. The van der Waals surface area contributed by atoms with E-state index in [2.05, 4.69) is 11.0 Å². The van der Waals surface area contributed by atoms with Gasteiger partial charge in [-0.3, -0.25) is 4.90 Å². The van der Waals surface area contributed by atoms with E-state index in [-0.39, 0.29) is 17.4 Å². The first kappa shape index (κ1) is 14.1. The van der Waals surface area contributed by atoms with Crippen molar-refractivity contribution in [2.24, 2.45) is 0 Å². The van der Waals surface area contributed by atoms with Crippen LogP contribution in [0.3, 0.4) is 0 Å². The smallest absolute Gasteiger partial charge is 0.126 e. The minimum atomic E-state index is -0.0987. The zero-order chi connectivity index (χ0) is 15.3. The third kappa shape index (κ3) is 1.77. The van der Waals surface area contributed by atoms with Gasteiger partial charge in [-0.1, -0.05) is 6.08 Å². The molecule has 1 aromatic carbocycles. The summed E-state index contributed by atoms with van der Waals surface area (Å²) in [5, 5.41) is 10.2. The van der Waals surface area contributed by atoms with Gasteiger partial charge in [-0.2, -0.15) is 0 Å². The third-order valence-corrected chi connectivity index (χ3v) is 5.70. The molecule has 0 amide bonds. The second-order valence-electron chi connectivity index (χ2n) is 6.55. The molecule has 4 heteroatoms. The fraction of sp³-hybridized carbons (Fsp3) is 0.556. The van der Waals surface area contributed by atoms with E-state index in [9.17, 15) is 5.11 Å². The summed E-state index contributed by atoms with van der Waals surface area (Å²) in [6, 6.07) is 3.68. The molecule has 0 radical (unpaired) electrons. The van der Waals surface area contributed by atoms with Crippen LogP contribution in [-0.2, 0) is 16.7 Å². The lowest BCUT2D eigenvalue weighted by molar-refractivity contribution is 0.0287. The van der Waals surface area contributed by atoms with Crippen LogP contribution in [0.15, 0.2) is 23.8 Å². The van der Waals surface area contributed by atoms with Crippen molar-refractivity contribution in [2.45, 2.75) is 37.3 Å². The summed E-state index contributed by atoms with van der Waals surface area (Å²) in [6.45, 7) is 2.14. The predicted octanol–water partition coefficient (Wildman–Crippen LogP) is 2.59. The Labute approximate surface area is 131 Å². The zero-order valence-corrected chi connectivity index (χ0v) is 13.3. The van der Waals surface area contributed by atoms with Crippen molar-refractivity contribution in [3.05, 3.63) is 34.9 Å². The predicted molar refractivity (Wildman–Crippen MR) is 84.3 cm³/mol. The van der Waals surface area contributed by atoms with Crippen molar-refractivity contribution < 1.29 is 14.6 Å².